The quantitative estimate of drug-likeness (QED) is 0.845. The summed E-state index contributed by atoms with van der Waals surface area (Å²) in [5, 5.41) is 3.16. The Bertz CT molecular complexity index is 561. The van der Waals surface area contributed by atoms with Crippen molar-refractivity contribution in [3.63, 3.8) is 0 Å². The molecule has 0 aliphatic rings. The number of aromatic nitrogens is 1. The van der Waals surface area contributed by atoms with Crippen molar-refractivity contribution in [1.29, 1.82) is 0 Å². The number of methoxy groups -OCH3 is 1. The predicted molar refractivity (Wildman–Crippen MR) is 84.1 cm³/mol. The Balaban J connectivity index is 2.29. The van der Waals surface area contributed by atoms with Crippen molar-refractivity contribution in [1.82, 2.24) is 10.3 Å². The summed E-state index contributed by atoms with van der Waals surface area (Å²) >= 11 is 0. The molecule has 0 amide bonds. The Hall–Kier alpha value is -2.07. The van der Waals surface area contributed by atoms with Crippen LogP contribution in [0.5, 0.6) is 17.4 Å². The first-order valence-electron chi connectivity index (χ1n) is 7.22. The molecule has 2 rings (SSSR count). The fourth-order valence-corrected chi connectivity index (χ4v) is 2.18. The molecule has 0 saturated carbocycles. The fraction of sp³-hybridized carbons (Fsp3) is 0.353. The lowest BCUT2D eigenvalue weighted by Gasteiger charge is -2.12. The van der Waals surface area contributed by atoms with E-state index < -0.39 is 0 Å². The van der Waals surface area contributed by atoms with Crippen molar-refractivity contribution in [3.8, 4) is 17.4 Å². The van der Waals surface area contributed by atoms with Crippen LogP contribution in [0, 0.1) is 0 Å². The summed E-state index contributed by atoms with van der Waals surface area (Å²) in [5.41, 5.74) is 2.22. The number of hydrogen-bond donors (Lipinski definition) is 1. The van der Waals surface area contributed by atoms with Crippen LogP contribution in [0.25, 0.3) is 0 Å². The van der Waals surface area contributed by atoms with Crippen molar-refractivity contribution >= 4 is 0 Å². The Morgan fingerprint density at radius 1 is 1.14 bits per heavy atom. The SMILES string of the molecule is CCCc1cc(CNC)cc(Oc2ccccc2OC)n1. The molecule has 0 radical (unpaired) electrons. The second kappa shape index (κ2) is 7.64. The number of rotatable bonds is 7. The van der Waals surface area contributed by atoms with Crippen LogP contribution in [-0.4, -0.2) is 19.1 Å². The van der Waals surface area contributed by atoms with Crippen LogP contribution in [0.2, 0.25) is 0 Å². The second-order valence-corrected chi connectivity index (χ2v) is 4.84. The third kappa shape index (κ3) is 4.20. The van der Waals surface area contributed by atoms with Crippen molar-refractivity contribution in [2.24, 2.45) is 0 Å². The fourth-order valence-electron chi connectivity index (χ4n) is 2.18. The van der Waals surface area contributed by atoms with E-state index in [1.165, 1.54) is 5.56 Å². The molecule has 112 valence electrons. The smallest absolute Gasteiger partial charge is 0.219 e. The Morgan fingerprint density at radius 2 is 1.90 bits per heavy atom. The van der Waals surface area contributed by atoms with Crippen molar-refractivity contribution < 1.29 is 9.47 Å². The predicted octanol–water partition coefficient (Wildman–Crippen LogP) is 3.55. The molecule has 0 atom stereocenters. The van der Waals surface area contributed by atoms with Gasteiger partial charge in [0.2, 0.25) is 5.88 Å². The van der Waals surface area contributed by atoms with Crippen molar-refractivity contribution in [3.05, 3.63) is 47.7 Å². The van der Waals surface area contributed by atoms with Gasteiger partial charge in [-0.15, -0.1) is 0 Å². The molecule has 1 N–H and O–H groups in total. The van der Waals surface area contributed by atoms with E-state index in [4.69, 9.17) is 9.47 Å². The first-order valence-corrected chi connectivity index (χ1v) is 7.22. The molecule has 2 aromatic rings. The van der Waals surface area contributed by atoms with Gasteiger partial charge in [0.25, 0.3) is 0 Å². The van der Waals surface area contributed by atoms with E-state index in [2.05, 4.69) is 23.3 Å². The lowest BCUT2D eigenvalue weighted by molar-refractivity contribution is 0.373. The molecule has 21 heavy (non-hydrogen) atoms. The molecule has 0 fully saturated rings. The monoisotopic (exact) mass is 286 g/mol. The first-order chi connectivity index (χ1) is 10.3. The third-order valence-corrected chi connectivity index (χ3v) is 3.09. The Kier molecular flexibility index (Phi) is 5.58. The van der Waals surface area contributed by atoms with Crippen LogP contribution in [0.4, 0.5) is 0 Å². The molecule has 0 unspecified atom stereocenters. The van der Waals surface area contributed by atoms with Gasteiger partial charge in [-0.05, 0) is 37.2 Å². The average Bonchev–Trinajstić information content (AvgIpc) is 2.48. The number of para-hydroxylation sites is 2. The van der Waals surface area contributed by atoms with Gasteiger partial charge >= 0.3 is 0 Å². The molecule has 1 heterocycles. The average molecular weight is 286 g/mol. The van der Waals surface area contributed by atoms with Crippen molar-refractivity contribution in [2.75, 3.05) is 14.2 Å². The molecule has 1 aromatic carbocycles. The van der Waals surface area contributed by atoms with Gasteiger partial charge in [0.05, 0.1) is 7.11 Å². The zero-order chi connectivity index (χ0) is 15.1. The van der Waals surface area contributed by atoms with E-state index in [9.17, 15) is 0 Å². The molecule has 0 aliphatic carbocycles. The largest absolute Gasteiger partial charge is 0.493 e. The highest BCUT2D eigenvalue weighted by molar-refractivity contribution is 5.42. The van der Waals surface area contributed by atoms with E-state index in [0.717, 1.165) is 25.1 Å². The molecule has 4 nitrogen and oxygen atoms in total. The van der Waals surface area contributed by atoms with Gasteiger partial charge in [0, 0.05) is 18.3 Å². The van der Waals surface area contributed by atoms with Crippen LogP contribution in [0.3, 0.4) is 0 Å². The zero-order valence-corrected chi connectivity index (χ0v) is 12.8. The molecule has 0 saturated heterocycles. The lowest BCUT2D eigenvalue weighted by Crippen LogP contribution is -2.07. The zero-order valence-electron chi connectivity index (χ0n) is 12.8. The van der Waals surface area contributed by atoms with E-state index in [-0.39, 0.29) is 0 Å². The highest BCUT2D eigenvalue weighted by Gasteiger charge is 2.08. The van der Waals surface area contributed by atoms with Crippen LogP contribution in [-0.2, 0) is 13.0 Å². The normalized spacial score (nSPS) is 10.4. The highest BCUT2D eigenvalue weighted by atomic mass is 16.5. The number of pyridine rings is 1. The maximum atomic E-state index is 5.91. The van der Waals surface area contributed by atoms with Crippen LogP contribution in [0.15, 0.2) is 36.4 Å². The molecule has 4 heteroatoms. The molecule has 0 spiro atoms. The molecule has 0 aliphatic heterocycles. The maximum Gasteiger partial charge on any atom is 0.219 e. The Morgan fingerprint density at radius 3 is 2.57 bits per heavy atom. The summed E-state index contributed by atoms with van der Waals surface area (Å²) in [7, 11) is 3.57. The minimum atomic E-state index is 0.607. The van der Waals surface area contributed by atoms with E-state index in [1.54, 1.807) is 7.11 Å². The number of hydrogen-bond acceptors (Lipinski definition) is 4. The van der Waals surface area contributed by atoms with Crippen LogP contribution >= 0.6 is 0 Å². The number of benzene rings is 1. The Labute approximate surface area is 126 Å². The molecular formula is C17H22N2O2. The van der Waals surface area contributed by atoms with Gasteiger partial charge in [-0.25, -0.2) is 4.98 Å². The van der Waals surface area contributed by atoms with Crippen LogP contribution < -0.4 is 14.8 Å². The summed E-state index contributed by atoms with van der Waals surface area (Å²) in [4.78, 5) is 4.57. The minimum Gasteiger partial charge on any atom is -0.493 e. The minimum absolute atomic E-state index is 0.607. The van der Waals surface area contributed by atoms with Gasteiger partial charge < -0.3 is 14.8 Å². The summed E-state index contributed by atoms with van der Waals surface area (Å²) in [6.07, 6.45) is 2.00. The van der Waals surface area contributed by atoms with Gasteiger partial charge in [0.1, 0.15) is 0 Å². The second-order valence-electron chi connectivity index (χ2n) is 4.84. The van der Waals surface area contributed by atoms with Gasteiger partial charge in [-0.1, -0.05) is 25.5 Å². The van der Waals surface area contributed by atoms with E-state index >= 15 is 0 Å². The van der Waals surface area contributed by atoms with Crippen LogP contribution in [0.1, 0.15) is 24.6 Å². The highest BCUT2D eigenvalue weighted by Crippen LogP contribution is 2.30. The molecule has 1 aromatic heterocycles. The standard InChI is InChI=1S/C17H22N2O2/c1-4-7-14-10-13(12-18-2)11-17(19-14)21-16-9-6-5-8-15(16)20-3/h5-6,8-11,18H,4,7,12H2,1-3H3. The first kappa shape index (κ1) is 15.3. The lowest BCUT2D eigenvalue weighted by atomic mass is 10.1. The number of nitrogens with zero attached hydrogens (tertiary/aromatic N) is 1. The van der Waals surface area contributed by atoms with Gasteiger partial charge in [-0.3, -0.25) is 0 Å². The number of aryl methyl sites for hydroxylation is 1. The maximum absolute atomic E-state index is 5.91. The summed E-state index contributed by atoms with van der Waals surface area (Å²) in [5.74, 6) is 1.99. The number of ether oxygens (including phenoxy) is 2. The van der Waals surface area contributed by atoms with Gasteiger partial charge in [-0.2, -0.15) is 0 Å². The topological polar surface area (TPSA) is 43.4 Å². The van der Waals surface area contributed by atoms with Crippen molar-refractivity contribution in [2.45, 2.75) is 26.3 Å². The van der Waals surface area contributed by atoms with E-state index in [1.807, 2.05) is 37.4 Å². The summed E-state index contributed by atoms with van der Waals surface area (Å²) < 4.78 is 11.2. The molecule has 0 bridgehead atoms. The van der Waals surface area contributed by atoms with E-state index in [0.29, 0.717) is 17.4 Å². The molecular weight excluding hydrogens is 264 g/mol. The van der Waals surface area contributed by atoms with Gasteiger partial charge in [0.15, 0.2) is 11.5 Å². The summed E-state index contributed by atoms with van der Waals surface area (Å²) in [6, 6.07) is 11.7. The summed E-state index contributed by atoms with van der Waals surface area (Å²) in [6.45, 7) is 2.94. The number of nitrogens with one attached hydrogen (secondary N) is 1. The third-order valence-electron chi connectivity index (χ3n) is 3.09.